The predicted molar refractivity (Wildman–Crippen MR) is 52.1 cm³/mol. The molecule has 0 radical (unpaired) electrons. The van der Waals surface area contributed by atoms with Crippen LogP contribution in [-0.2, 0) is 11.0 Å². The molecule has 0 aromatic heterocycles. The number of alkyl halides is 3. The molecule has 1 unspecified atom stereocenters. The highest BCUT2D eigenvalue weighted by Gasteiger charge is 2.34. The molecular weight excluding hydrogens is 240 g/mol. The van der Waals surface area contributed by atoms with Gasteiger partial charge in [0.2, 0.25) is 5.91 Å². The maximum absolute atomic E-state index is 13.2. The van der Waals surface area contributed by atoms with Crippen LogP contribution in [0.2, 0.25) is 0 Å². The summed E-state index contributed by atoms with van der Waals surface area (Å²) in [5.41, 5.74) is 9.07. The van der Waals surface area contributed by atoms with Crippen LogP contribution in [0.4, 0.5) is 17.6 Å². The maximum atomic E-state index is 13.2. The summed E-state index contributed by atoms with van der Waals surface area (Å²) < 4.78 is 49.9. The van der Waals surface area contributed by atoms with Crippen molar-refractivity contribution < 1.29 is 22.4 Å². The molecule has 94 valence electrons. The lowest BCUT2D eigenvalue weighted by atomic mass is 10.0. The maximum Gasteiger partial charge on any atom is 0.419 e. The standard InChI is InChI=1S/C10H10F4N2O/c11-7-3-5(8(15)4-9(16)17)1-2-6(7)10(12,13)14/h1-3,8H,4,15H2,(H2,16,17). The van der Waals surface area contributed by atoms with Crippen LogP contribution < -0.4 is 11.5 Å². The zero-order valence-corrected chi connectivity index (χ0v) is 8.59. The molecule has 1 aromatic carbocycles. The van der Waals surface area contributed by atoms with Crippen LogP contribution >= 0.6 is 0 Å². The summed E-state index contributed by atoms with van der Waals surface area (Å²) in [5.74, 6) is -2.13. The molecule has 0 aliphatic rings. The smallest absolute Gasteiger partial charge is 0.370 e. The molecule has 3 nitrogen and oxygen atoms in total. The van der Waals surface area contributed by atoms with Gasteiger partial charge in [0.15, 0.2) is 0 Å². The van der Waals surface area contributed by atoms with Crippen LogP contribution in [0.15, 0.2) is 18.2 Å². The first-order valence-corrected chi connectivity index (χ1v) is 4.62. The summed E-state index contributed by atoms with van der Waals surface area (Å²) in [7, 11) is 0. The molecule has 4 N–H and O–H groups in total. The molecule has 0 spiro atoms. The first-order valence-electron chi connectivity index (χ1n) is 4.62. The highest BCUT2D eigenvalue weighted by Crippen LogP contribution is 2.32. The topological polar surface area (TPSA) is 69.1 Å². The number of amides is 1. The van der Waals surface area contributed by atoms with Gasteiger partial charge in [-0.05, 0) is 17.7 Å². The normalized spacial score (nSPS) is 13.5. The van der Waals surface area contributed by atoms with Gasteiger partial charge in [-0.25, -0.2) is 4.39 Å². The van der Waals surface area contributed by atoms with E-state index in [-0.39, 0.29) is 12.0 Å². The van der Waals surface area contributed by atoms with Crippen LogP contribution in [0.3, 0.4) is 0 Å². The molecule has 0 fully saturated rings. The van der Waals surface area contributed by atoms with Gasteiger partial charge in [0, 0.05) is 12.5 Å². The predicted octanol–water partition coefficient (Wildman–Crippen LogP) is 1.72. The second kappa shape index (κ2) is 4.70. The van der Waals surface area contributed by atoms with E-state index in [1.807, 2.05) is 0 Å². The quantitative estimate of drug-likeness (QED) is 0.802. The monoisotopic (exact) mass is 250 g/mol. The molecule has 1 rings (SSSR count). The molecule has 0 aliphatic heterocycles. The molecular formula is C10H10F4N2O. The minimum atomic E-state index is -4.75. The van der Waals surface area contributed by atoms with Crippen LogP contribution in [0.1, 0.15) is 23.6 Å². The van der Waals surface area contributed by atoms with Gasteiger partial charge in [-0.15, -0.1) is 0 Å². The first-order chi connectivity index (χ1) is 7.71. The minimum Gasteiger partial charge on any atom is -0.370 e. The lowest BCUT2D eigenvalue weighted by Crippen LogP contribution is -2.21. The number of rotatable bonds is 3. The Balaban J connectivity index is 3.00. The van der Waals surface area contributed by atoms with Crippen LogP contribution in [0, 0.1) is 5.82 Å². The third-order valence-corrected chi connectivity index (χ3v) is 2.15. The number of benzene rings is 1. The van der Waals surface area contributed by atoms with Crippen molar-refractivity contribution in [3.63, 3.8) is 0 Å². The van der Waals surface area contributed by atoms with Crippen molar-refractivity contribution in [3.05, 3.63) is 35.1 Å². The first kappa shape index (κ1) is 13.4. The third kappa shape index (κ3) is 3.42. The van der Waals surface area contributed by atoms with Crippen molar-refractivity contribution in [2.24, 2.45) is 11.5 Å². The number of nitrogens with two attached hydrogens (primary N) is 2. The van der Waals surface area contributed by atoms with Gasteiger partial charge < -0.3 is 11.5 Å². The molecule has 0 bridgehead atoms. The van der Waals surface area contributed by atoms with E-state index in [9.17, 15) is 22.4 Å². The lowest BCUT2D eigenvalue weighted by Gasteiger charge is -2.13. The molecule has 17 heavy (non-hydrogen) atoms. The number of hydrogen-bond acceptors (Lipinski definition) is 2. The van der Waals surface area contributed by atoms with Gasteiger partial charge in [-0.2, -0.15) is 13.2 Å². The van der Waals surface area contributed by atoms with Crippen molar-refractivity contribution in [1.29, 1.82) is 0 Å². The Labute approximate surface area is 94.4 Å². The highest BCUT2D eigenvalue weighted by atomic mass is 19.4. The van der Waals surface area contributed by atoms with Gasteiger partial charge in [-0.3, -0.25) is 4.79 Å². The molecule has 0 saturated heterocycles. The number of carbonyl (C=O) groups excluding carboxylic acids is 1. The molecule has 1 atom stereocenters. The Kier molecular flexibility index (Phi) is 3.72. The molecule has 0 saturated carbocycles. The number of primary amides is 1. The van der Waals surface area contributed by atoms with E-state index in [0.717, 1.165) is 6.07 Å². The van der Waals surface area contributed by atoms with Gasteiger partial charge in [0.25, 0.3) is 0 Å². The van der Waals surface area contributed by atoms with E-state index in [4.69, 9.17) is 11.5 Å². The van der Waals surface area contributed by atoms with Crippen molar-refractivity contribution in [2.45, 2.75) is 18.6 Å². The summed E-state index contributed by atoms with van der Waals surface area (Å²) in [6.07, 6.45) is -5.01. The fourth-order valence-electron chi connectivity index (χ4n) is 1.33. The van der Waals surface area contributed by atoms with E-state index in [2.05, 4.69) is 0 Å². The highest BCUT2D eigenvalue weighted by molar-refractivity contribution is 5.74. The zero-order chi connectivity index (χ0) is 13.2. The summed E-state index contributed by atoms with van der Waals surface area (Å²) in [6.45, 7) is 0. The van der Waals surface area contributed by atoms with Gasteiger partial charge in [0.1, 0.15) is 5.82 Å². The van der Waals surface area contributed by atoms with E-state index in [1.165, 1.54) is 0 Å². The molecule has 1 aromatic rings. The molecule has 0 heterocycles. The van der Waals surface area contributed by atoms with Gasteiger partial charge >= 0.3 is 6.18 Å². The van der Waals surface area contributed by atoms with E-state index >= 15 is 0 Å². The third-order valence-electron chi connectivity index (χ3n) is 2.15. The van der Waals surface area contributed by atoms with Crippen molar-refractivity contribution in [1.82, 2.24) is 0 Å². The van der Waals surface area contributed by atoms with Crippen molar-refractivity contribution in [3.8, 4) is 0 Å². The van der Waals surface area contributed by atoms with E-state index in [0.29, 0.717) is 12.1 Å². The fourth-order valence-corrected chi connectivity index (χ4v) is 1.33. The Hall–Kier alpha value is -1.63. The number of carbonyl (C=O) groups is 1. The molecule has 7 heteroatoms. The molecule has 1 amide bonds. The Morgan fingerprint density at radius 3 is 2.35 bits per heavy atom. The second-order valence-electron chi connectivity index (χ2n) is 3.51. The molecule has 0 aliphatic carbocycles. The summed E-state index contributed by atoms with van der Waals surface area (Å²) in [4.78, 5) is 10.6. The van der Waals surface area contributed by atoms with Crippen LogP contribution in [0.5, 0.6) is 0 Å². The number of halogens is 4. The van der Waals surface area contributed by atoms with Crippen molar-refractivity contribution >= 4 is 5.91 Å². The van der Waals surface area contributed by atoms with E-state index < -0.39 is 29.5 Å². The largest absolute Gasteiger partial charge is 0.419 e. The summed E-state index contributed by atoms with van der Waals surface area (Å²) >= 11 is 0. The lowest BCUT2D eigenvalue weighted by molar-refractivity contribution is -0.140. The van der Waals surface area contributed by atoms with Crippen molar-refractivity contribution in [2.75, 3.05) is 0 Å². The number of hydrogen-bond donors (Lipinski definition) is 2. The van der Waals surface area contributed by atoms with Gasteiger partial charge in [0.05, 0.1) is 5.56 Å². The average Bonchev–Trinajstić information content (AvgIpc) is 2.14. The average molecular weight is 250 g/mol. The summed E-state index contributed by atoms with van der Waals surface area (Å²) in [5, 5.41) is 0. The Morgan fingerprint density at radius 2 is 1.94 bits per heavy atom. The Morgan fingerprint density at radius 1 is 1.35 bits per heavy atom. The second-order valence-corrected chi connectivity index (χ2v) is 3.51. The van der Waals surface area contributed by atoms with Gasteiger partial charge in [-0.1, -0.05) is 6.07 Å². The summed E-state index contributed by atoms with van der Waals surface area (Å²) in [6, 6.07) is 1.37. The van der Waals surface area contributed by atoms with Crippen LogP contribution in [0.25, 0.3) is 0 Å². The SMILES string of the molecule is NC(=O)CC(N)c1ccc(C(F)(F)F)c(F)c1. The Bertz CT molecular complexity index is 431. The van der Waals surface area contributed by atoms with E-state index in [1.54, 1.807) is 0 Å². The van der Waals surface area contributed by atoms with Crippen LogP contribution in [-0.4, -0.2) is 5.91 Å². The zero-order valence-electron chi connectivity index (χ0n) is 8.59. The minimum absolute atomic E-state index is 0.0919. The fraction of sp³-hybridized carbons (Fsp3) is 0.300.